The fourth-order valence-corrected chi connectivity index (χ4v) is 3.98. The summed E-state index contributed by atoms with van der Waals surface area (Å²) in [6, 6.07) is 0.390. The molecule has 0 aromatic carbocycles. The van der Waals surface area contributed by atoms with E-state index in [1.807, 2.05) is 13.8 Å². The zero-order valence-corrected chi connectivity index (χ0v) is 16.1. The Balaban J connectivity index is 1.80. The predicted octanol–water partition coefficient (Wildman–Crippen LogP) is 3.55. The van der Waals surface area contributed by atoms with Gasteiger partial charge in [-0.3, -0.25) is 9.69 Å². The Labute approximate surface area is 150 Å². The highest BCUT2D eigenvalue weighted by atomic mass is 19.3. The highest BCUT2D eigenvalue weighted by Gasteiger charge is 2.45. The van der Waals surface area contributed by atoms with Gasteiger partial charge in [-0.05, 0) is 59.3 Å². The first kappa shape index (κ1) is 20.6. The van der Waals surface area contributed by atoms with E-state index >= 15 is 0 Å². The number of carbonyl (C=O) groups is 1. The summed E-state index contributed by atoms with van der Waals surface area (Å²) in [5.74, 6) is -4.30. The summed E-state index contributed by atoms with van der Waals surface area (Å²) in [5.41, 5.74) is 0. The van der Waals surface area contributed by atoms with Crippen LogP contribution in [0.1, 0.15) is 59.8 Å². The fourth-order valence-electron chi connectivity index (χ4n) is 3.98. The minimum atomic E-state index is -3.24. The summed E-state index contributed by atoms with van der Waals surface area (Å²) in [5, 5.41) is 0. The fraction of sp³-hybridized carbons (Fsp3) is 0.947. The Bertz CT molecular complexity index is 427. The number of ether oxygens (including phenoxy) is 1. The molecule has 6 heteroatoms. The zero-order chi connectivity index (χ0) is 18.6. The third-order valence-electron chi connectivity index (χ3n) is 5.45. The van der Waals surface area contributed by atoms with Crippen molar-refractivity contribution < 1.29 is 18.3 Å². The number of carbonyl (C=O) groups excluding carboxylic acids is 1. The molecular formula is C19H34F2N2O2. The molecule has 2 fully saturated rings. The van der Waals surface area contributed by atoms with Crippen molar-refractivity contribution in [3.8, 4) is 0 Å². The van der Waals surface area contributed by atoms with Gasteiger partial charge >= 0.3 is 5.92 Å². The number of piperazine rings is 1. The molecule has 0 N–H and O–H groups in total. The second kappa shape index (κ2) is 8.76. The summed E-state index contributed by atoms with van der Waals surface area (Å²) in [7, 11) is 0. The van der Waals surface area contributed by atoms with Gasteiger partial charge in [0.2, 0.25) is 0 Å². The second-order valence-electron chi connectivity index (χ2n) is 8.16. The van der Waals surface area contributed by atoms with Gasteiger partial charge < -0.3 is 9.64 Å². The highest BCUT2D eigenvalue weighted by Crippen LogP contribution is 2.35. The number of alkyl halides is 2. The van der Waals surface area contributed by atoms with Crippen molar-refractivity contribution in [3.63, 3.8) is 0 Å². The maximum absolute atomic E-state index is 14.5. The van der Waals surface area contributed by atoms with Crippen molar-refractivity contribution in [2.24, 2.45) is 5.92 Å². The molecule has 0 aromatic rings. The van der Waals surface area contributed by atoms with Crippen LogP contribution in [-0.2, 0) is 9.53 Å². The number of halogens is 2. The molecular weight excluding hydrogens is 326 g/mol. The Morgan fingerprint density at radius 3 is 2.08 bits per heavy atom. The quantitative estimate of drug-likeness (QED) is 0.726. The van der Waals surface area contributed by atoms with E-state index in [1.165, 1.54) is 4.90 Å². The molecule has 1 heterocycles. The van der Waals surface area contributed by atoms with Crippen molar-refractivity contribution in [3.05, 3.63) is 0 Å². The van der Waals surface area contributed by atoms with Crippen molar-refractivity contribution >= 4 is 5.91 Å². The molecule has 1 saturated carbocycles. The van der Waals surface area contributed by atoms with Crippen LogP contribution in [-0.4, -0.2) is 66.1 Å². The first-order chi connectivity index (χ1) is 11.7. The van der Waals surface area contributed by atoms with Gasteiger partial charge in [0.25, 0.3) is 5.91 Å². The van der Waals surface area contributed by atoms with Crippen molar-refractivity contribution in [1.29, 1.82) is 0 Å². The molecule has 0 spiro atoms. The molecule has 146 valence electrons. The topological polar surface area (TPSA) is 32.8 Å². The molecule has 0 radical (unpaired) electrons. The van der Waals surface area contributed by atoms with Gasteiger partial charge in [-0.1, -0.05) is 0 Å². The van der Waals surface area contributed by atoms with Gasteiger partial charge in [0.1, 0.15) is 0 Å². The molecule has 4 nitrogen and oxygen atoms in total. The average Bonchev–Trinajstić information content (AvgIpc) is 2.55. The molecule has 0 atom stereocenters. The lowest BCUT2D eigenvalue weighted by atomic mass is 9.83. The van der Waals surface area contributed by atoms with E-state index in [4.69, 9.17) is 4.74 Å². The Morgan fingerprint density at radius 1 is 1.04 bits per heavy atom. The van der Waals surface area contributed by atoms with E-state index in [-0.39, 0.29) is 24.5 Å². The maximum atomic E-state index is 14.5. The van der Waals surface area contributed by atoms with Crippen LogP contribution >= 0.6 is 0 Å². The van der Waals surface area contributed by atoms with Crippen LogP contribution in [0.3, 0.4) is 0 Å². The normalized spacial score (nSPS) is 26.5. The molecule has 2 rings (SSSR count). The van der Waals surface area contributed by atoms with E-state index in [2.05, 4.69) is 18.7 Å². The molecule has 0 unspecified atom stereocenters. The van der Waals surface area contributed by atoms with Gasteiger partial charge in [0.05, 0.1) is 12.2 Å². The number of rotatable bonds is 6. The van der Waals surface area contributed by atoms with Gasteiger partial charge in [0, 0.05) is 38.6 Å². The summed E-state index contributed by atoms with van der Waals surface area (Å²) in [4.78, 5) is 15.9. The maximum Gasteiger partial charge on any atom is 0.325 e. The molecule has 1 saturated heterocycles. The minimum absolute atomic E-state index is 0.0806. The number of nitrogens with zero attached hydrogens (tertiary/aromatic N) is 2. The summed E-state index contributed by atoms with van der Waals surface area (Å²) < 4.78 is 34.8. The lowest BCUT2D eigenvalue weighted by Crippen LogP contribution is -2.54. The third-order valence-corrected chi connectivity index (χ3v) is 5.45. The van der Waals surface area contributed by atoms with Crippen LogP contribution in [0.15, 0.2) is 0 Å². The Morgan fingerprint density at radius 2 is 1.60 bits per heavy atom. The standard InChI is InChI=1S/C19H34F2N2O2/c1-14(2)22-9-11-23(12-10-22)18(24)19(20,21)13-16-5-7-17(8-6-16)25-15(3)4/h14-17H,5-13H2,1-4H3. The summed E-state index contributed by atoms with van der Waals surface area (Å²) >= 11 is 0. The van der Waals surface area contributed by atoms with Crippen molar-refractivity contribution in [1.82, 2.24) is 9.80 Å². The largest absolute Gasteiger partial charge is 0.376 e. The molecule has 1 amide bonds. The number of hydrogen-bond donors (Lipinski definition) is 0. The predicted molar refractivity (Wildman–Crippen MR) is 94.8 cm³/mol. The van der Waals surface area contributed by atoms with Crippen LogP contribution < -0.4 is 0 Å². The Kier molecular flexibility index (Phi) is 7.20. The van der Waals surface area contributed by atoms with E-state index in [9.17, 15) is 13.6 Å². The summed E-state index contributed by atoms with van der Waals surface area (Å²) in [6.45, 7) is 10.3. The number of hydrogen-bond acceptors (Lipinski definition) is 3. The van der Waals surface area contributed by atoms with Gasteiger partial charge in [0.15, 0.2) is 0 Å². The van der Waals surface area contributed by atoms with Crippen LogP contribution in [0.5, 0.6) is 0 Å². The first-order valence-corrected chi connectivity index (χ1v) is 9.75. The minimum Gasteiger partial charge on any atom is -0.376 e. The van der Waals surface area contributed by atoms with Crippen molar-refractivity contribution in [2.75, 3.05) is 26.2 Å². The van der Waals surface area contributed by atoms with E-state index in [1.54, 1.807) is 0 Å². The first-order valence-electron chi connectivity index (χ1n) is 9.75. The van der Waals surface area contributed by atoms with E-state index in [0.29, 0.717) is 32.2 Å². The van der Waals surface area contributed by atoms with Crippen molar-refractivity contribution in [2.45, 2.75) is 84.0 Å². The number of amides is 1. The Hall–Kier alpha value is -0.750. The van der Waals surface area contributed by atoms with Gasteiger partial charge in [-0.15, -0.1) is 0 Å². The highest BCUT2D eigenvalue weighted by molar-refractivity contribution is 5.83. The van der Waals surface area contributed by atoms with Gasteiger partial charge in [-0.25, -0.2) is 0 Å². The van der Waals surface area contributed by atoms with E-state index in [0.717, 1.165) is 25.7 Å². The van der Waals surface area contributed by atoms with Gasteiger partial charge in [-0.2, -0.15) is 8.78 Å². The average molecular weight is 360 g/mol. The van der Waals surface area contributed by atoms with E-state index < -0.39 is 11.8 Å². The second-order valence-corrected chi connectivity index (χ2v) is 8.16. The smallest absolute Gasteiger partial charge is 0.325 e. The van der Waals surface area contributed by atoms with Crippen LogP contribution in [0.4, 0.5) is 8.78 Å². The molecule has 2 aliphatic rings. The van der Waals surface area contributed by atoms with Crippen LogP contribution in [0.25, 0.3) is 0 Å². The lowest BCUT2D eigenvalue weighted by molar-refractivity contribution is -0.162. The third kappa shape index (κ3) is 5.88. The van der Waals surface area contributed by atoms with Crippen LogP contribution in [0, 0.1) is 5.92 Å². The van der Waals surface area contributed by atoms with Crippen LogP contribution in [0.2, 0.25) is 0 Å². The lowest BCUT2D eigenvalue weighted by Gasteiger charge is -2.38. The molecule has 1 aliphatic heterocycles. The SMILES string of the molecule is CC(C)OC1CCC(CC(F)(F)C(=O)N2CCN(C(C)C)CC2)CC1. The molecule has 25 heavy (non-hydrogen) atoms. The zero-order valence-electron chi connectivity index (χ0n) is 16.1. The molecule has 0 bridgehead atoms. The monoisotopic (exact) mass is 360 g/mol. The molecule has 1 aliphatic carbocycles. The molecule has 0 aromatic heterocycles. The summed E-state index contributed by atoms with van der Waals surface area (Å²) in [6.07, 6.45) is 3.13.